The lowest BCUT2D eigenvalue weighted by atomic mass is 10.1. The van der Waals surface area contributed by atoms with Crippen LogP contribution in [-0.2, 0) is 14.3 Å². The molecule has 1 atom stereocenters. The van der Waals surface area contributed by atoms with Gasteiger partial charge in [0.15, 0.2) is 0 Å². The summed E-state index contributed by atoms with van der Waals surface area (Å²) < 4.78 is 9.16. The fourth-order valence-electron chi connectivity index (χ4n) is 0.870. The van der Waals surface area contributed by atoms with E-state index in [1.165, 1.54) is 6.92 Å². The zero-order valence-electron chi connectivity index (χ0n) is 7.12. The Hall–Kier alpha value is -1.70. The van der Waals surface area contributed by atoms with Crippen LogP contribution in [-0.4, -0.2) is 30.8 Å². The van der Waals surface area contributed by atoms with Gasteiger partial charge in [0.2, 0.25) is 5.60 Å². The minimum absolute atomic E-state index is 0.0811. The molecule has 0 aliphatic carbocycles. The molecule has 1 rings (SSSR count). The lowest BCUT2D eigenvalue weighted by Crippen LogP contribution is -2.46. The second-order valence-electron chi connectivity index (χ2n) is 2.76. The van der Waals surface area contributed by atoms with Gasteiger partial charge in [0.25, 0.3) is 5.91 Å². The summed E-state index contributed by atoms with van der Waals surface area (Å²) in [6.45, 7) is 1.48. The normalized spacial score (nSPS) is 25.7. The summed E-state index contributed by atoms with van der Waals surface area (Å²) in [5.74, 6) is 1.79. The Labute approximate surface area is 75.4 Å². The molecule has 70 valence electrons. The molecule has 0 saturated carbocycles. The number of ether oxygens (including phenoxy) is 2. The van der Waals surface area contributed by atoms with Crippen molar-refractivity contribution >= 4 is 12.1 Å². The van der Waals surface area contributed by atoms with Crippen molar-refractivity contribution in [3.05, 3.63) is 0 Å². The Bertz CT molecular complexity index is 280. The van der Waals surface area contributed by atoms with Crippen molar-refractivity contribution in [2.24, 2.45) is 0 Å². The average molecular weight is 183 g/mol. The molecule has 1 heterocycles. The van der Waals surface area contributed by atoms with Gasteiger partial charge in [0.1, 0.15) is 6.61 Å². The minimum atomic E-state index is -1.24. The molecule has 1 N–H and O–H groups in total. The van der Waals surface area contributed by atoms with E-state index in [2.05, 4.69) is 20.7 Å². The van der Waals surface area contributed by atoms with Gasteiger partial charge in [0.05, 0.1) is 6.54 Å². The van der Waals surface area contributed by atoms with Crippen LogP contribution >= 0.6 is 0 Å². The number of amides is 1. The van der Waals surface area contributed by atoms with E-state index in [4.69, 9.17) is 6.42 Å². The van der Waals surface area contributed by atoms with E-state index in [9.17, 15) is 9.59 Å². The third-order valence-electron chi connectivity index (χ3n) is 1.61. The number of terminal acetylenes is 1. The third-order valence-corrected chi connectivity index (χ3v) is 1.61. The van der Waals surface area contributed by atoms with Gasteiger partial charge in [-0.3, -0.25) is 4.79 Å². The first-order chi connectivity index (χ1) is 6.08. The Kier molecular flexibility index (Phi) is 2.42. The number of carbonyl (C=O) groups excluding carboxylic acids is 2. The quantitative estimate of drug-likeness (QED) is 0.470. The average Bonchev–Trinajstić information content (AvgIpc) is 2.43. The first-order valence-electron chi connectivity index (χ1n) is 3.66. The summed E-state index contributed by atoms with van der Waals surface area (Å²) >= 11 is 0. The van der Waals surface area contributed by atoms with Crippen molar-refractivity contribution in [1.29, 1.82) is 0 Å². The molecule has 1 unspecified atom stereocenters. The van der Waals surface area contributed by atoms with Gasteiger partial charge in [-0.05, 0) is 6.92 Å². The van der Waals surface area contributed by atoms with Gasteiger partial charge in [0, 0.05) is 0 Å². The van der Waals surface area contributed by atoms with Crippen LogP contribution in [0.4, 0.5) is 4.79 Å². The zero-order chi connectivity index (χ0) is 9.90. The molecule has 1 aliphatic rings. The summed E-state index contributed by atoms with van der Waals surface area (Å²) in [6.07, 6.45) is 4.11. The van der Waals surface area contributed by atoms with E-state index < -0.39 is 17.7 Å². The SMILES string of the molecule is C#CCNC(=O)C1(C)COC(=O)O1. The summed E-state index contributed by atoms with van der Waals surface area (Å²) in [5.41, 5.74) is -1.24. The van der Waals surface area contributed by atoms with Crippen LogP contribution in [0.5, 0.6) is 0 Å². The second-order valence-corrected chi connectivity index (χ2v) is 2.76. The summed E-state index contributed by atoms with van der Waals surface area (Å²) in [4.78, 5) is 21.9. The van der Waals surface area contributed by atoms with Crippen LogP contribution in [0.3, 0.4) is 0 Å². The van der Waals surface area contributed by atoms with Crippen LogP contribution in [0.2, 0.25) is 0 Å². The zero-order valence-corrected chi connectivity index (χ0v) is 7.12. The topological polar surface area (TPSA) is 64.6 Å². The highest BCUT2D eigenvalue weighted by Crippen LogP contribution is 2.19. The van der Waals surface area contributed by atoms with Crippen molar-refractivity contribution in [2.45, 2.75) is 12.5 Å². The minimum Gasteiger partial charge on any atom is -0.429 e. The molecule has 0 aromatic heterocycles. The molecule has 0 radical (unpaired) electrons. The van der Waals surface area contributed by atoms with Crippen molar-refractivity contribution in [3.63, 3.8) is 0 Å². The van der Waals surface area contributed by atoms with E-state index in [0.29, 0.717) is 0 Å². The molecular formula is C8H9NO4. The number of rotatable bonds is 2. The van der Waals surface area contributed by atoms with E-state index in [0.717, 1.165) is 0 Å². The van der Waals surface area contributed by atoms with Gasteiger partial charge < -0.3 is 14.8 Å². The maximum absolute atomic E-state index is 11.3. The van der Waals surface area contributed by atoms with Gasteiger partial charge in [-0.25, -0.2) is 4.79 Å². The molecule has 0 spiro atoms. The van der Waals surface area contributed by atoms with Crippen LogP contribution in [0.15, 0.2) is 0 Å². The van der Waals surface area contributed by atoms with Gasteiger partial charge in [-0.15, -0.1) is 6.42 Å². The Balaban J connectivity index is 2.56. The number of cyclic esters (lactones) is 2. The van der Waals surface area contributed by atoms with Crippen LogP contribution in [0, 0.1) is 12.3 Å². The number of hydrogen-bond acceptors (Lipinski definition) is 4. The van der Waals surface area contributed by atoms with E-state index in [1.807, 2.05) is 0 Å². The predicted molar refractivity (Wildman–Crippen MR) is 42.7 cm³/mol. The molecule has 1 amide bonds. The first kappa shape index (κ1) is 9.39. The highest BCUT2D eigenvalue weighted by atomic mass is 16.8. The molecule has 1 fully saturated rings. The van der Waals surface area contributed by atoms with E-state index in [1.54, 1.807) is 0 Å². The maximum Gasteiger partial charge on any atom is 0.509 e. The van der Waals surface area contributed by atoms with Crippen molar-refractivity contribution in [1.82, 2.24) is 5.32 Å². The maximum atomic E-state index is 11.3. The summed E-state index contributed by atoms with van der Waals surface area (Å²) in [6, 6.07) is 0. The predicted octanol–water partition coefficient (Wildman–Crippen LogP) is -0.339. The highest BCUT2D eigenvalue weighted by Gasteiger charge is 2.44. The first-order valence-corrected chi connectivity index (χ1v) is 3.66. The Morgan fingerprint density at radius 1 is 1.85 bits per heavy atom. The molecule has 1 saturated heterocycles. The molecule has 5 heteroatoms. The molecule has 0 bridgehead atoms. The molecule has 13 heavy (non-hydrogen) atoms. The third kappa shape index (κ3) is 1.90. The van der Waals surface area contributed by atoms with Gasteiger partial charge in [-0.2, -0.15) is 0 Å². The van der Waals surface area contributed by atoms with Crippen molar-refractivity contribution < 1.29 is 19.1 Å². The van der Waals surface area contributed by atoms with Crippen LogP contribution in [0.1, 0.15) is 6.92 Å². The smallest absolute Gasteiger partial charge is 0.429 e. The lowest BCUT2D eigenvalue weighted by molar-refractivity contribution is -0.135. The van der Waals surface area contributed by atoms with Crippen molar-refractivity contribution in [3.8, 4) is 12.3 Å². The van der Waals surface area contributed by atoms with Crippen LogP contribution < -0.4 is 5.32 Å². The summed E-state index contributed by atoms with van der Waals surface area (Å²) in [5, 5.41) is 2.40. The fourth-order valence-corrected chi connectivity index (χ4v) is 0.870. The molecule has 0 aromatic rings. The van der Waals surface area contributed by atoms with Crippen molar-refractivity contribution in [2.75, 3.05) is 13.2 Å². The lowest BCUT2D eigenvalue weighted by Gasteiger charge is -2.17. The molecule has 5 nitrogen and oxygen atoms in total. The highest BCUT2D eigenvalue weighted by molar-refractivity contribution is 5.88. The fraction of sp³-hybridized carbons (Fsp3) is 0.500. The monoisotopic (exact) mass is 183 g/mol. The Morgan fingerprint density at radius 3 is 3.00 bits per heavy atom. The number of hydrogen-bond donors (Lipinski definition) is 1. The molecule has 0 aromatic carbocycles. The molecular weight excluding hydrogens is 174 g/mol. The van der Waals surface area contributed by atoms with Gasteiger partial charge in [-0.1, -0.05) is 5.92 Å². The standard InChI is InChI=1S/C8H9NO4/c1-3-4-9-6(10)8(2)5-12-7(11)13-8/h1H,4-5H2,2H3,(H,9,10). The van der Waals surface area contributed by atoms with E-state index in [-0.39, 0.29) is 13.2 Å². The Morgan fingerprint density at radius 2 is 2.54 bits per heavy atom. The largest absolute Gasteiger partial charge is 0.509 e. The van der Waals surface area contributed by atoms with Gasteiger partial charge >= 0.3 is 6.16 Å². The summed E-state index contributed by atoms with van der Waals surface area (Å²) in [7, 11) is 0. The molecule has 1 aliphatic heterocycles. The van der Waals surface area contributed by atoms with Crippen LogP contribution in [0.25, 0.3) is 0 Å². The number of nitrogens with one attached hydrogen (secondary N) is 1. The van der Waals surface area contributed by atoms with E-state index >= 15 is 0 Å². The number of carbonyl (C=O) groups is 2. The second kappa shape index (κ2) is 3.35.